The third kappa shape index (κ3) is 4.31. The number of nitrogens with zero attached hydrogens (tertiary/aromatic N) is 3. The zero-order valence-corrected chi connectivity index (χ0v) is 17.3. The number of likely N-dealkylation sites (tertiary alicyclic amines) is 1. The molecular weight excluding hydrogens is 408 g/mol. The topological polar surface area (TPSA) is 75.2 Å². The quantitative estimate of drug-likeness (QED) is 0.654. The highest BCUT2D eigenvalue weighted by Gasteiger charge is 2.33. The fourth-order valence-corrected chi connectivity index (χ4v) is 4.50. The minimum atomic E-state index is -0.342. The van der Waals surface area contributed by atoms with Crippen molar-refractivity contribution in [2.24, 2.45) is 0 Å². The molecule has 0 saturated carbocycles. The molecule has 1 fully saturated rings. The number of aromatic nitrogens is 2. The van der Waals surface area contributed by atoms with Gasteiger partial charge in [0, 0.05) is 22.8 Å². The number of anilines is 1. The van der Waals surface area contributed by atoms with Crippen molar-refractivity contribution in [2.45, 2.75) is 25.8 Å². The zero-order chi connectivity index (χ0) is 20.4. The first kappa shape index (κ1) is 19.5. The van der Waals surface area contributed by atoms with Gasteiger partial charge in [-0.3, -0.25) is 9.59 Å². The first-order valence-corrected chi connectivity index (χ1v) is 10.5. The van der Waals surface area contributed by atoms with Gasteiger partial charge in [-0.25, -0.2) is 0 Å². The highest BCUT2D eigenvalue weighted by atomic mass is 35.5. The van der Waals surface area contributed by atoms with E-state index in [1.54, 1.807) is 24.3 Å². The molecule has 1 aliphatic rings. The smallest absolute Gasteiger partial charge is 0.286 e. The van der Waals surface area contributed by atoms with Crippen LogP contribution in [0.5, 0.6) is 0 Å². The molecule has 0 radical (unpaired) electrons. The number of hydrogen-bond acceptors (Lipinski definition) is 5. The van der Waals surface area contributed by atoms with Crippen LogP contribution in [-0.4, -0.2) is 33.5 Å². The molecule has 1 atom stereocenters. The Morgan fingerprint density at radius 1 is 1.17 bits per heavy atom. The second kappa shape index (κ2) is 8.31. The highest BCUT2D eigenvalue weighted by Crippen LogP contribution is 2.35. The second-order valence-electron chi connectivity index (χ2n) is 6.94. The largest absolute Gasteiger partial charge is 0.329 e. The molecule has 29 heavy (non-hydrogen) atoms. The maximum absolute atomic E-state index is 13.0. The number of hydrogen-bond donors (Lipinski definition) is 1. The molecule has 0 spiro atoms. The lowest BCUT2D eigenvalue weighted by Crippen LogP contribution is -2.30. The van der Waals surface area contributed by atoms with Crippen molar-refractivity contribution in [3.05, 3.63) is 74.7 Å². The molecule has 2 amide bonds. The molecule has 1 saturated heterocycles. The van der Waals surface area contributed by atoms with E-state index in [0.717, 1.165) is 18.4 Å². The van der Waals surface area contributed by atoms with Gasteiger partial charge in [0.15, 0.2) is 0 Å². The van der Waals surface area contributed by atoms with Gasteiger partial charge in [0.25, 0.3) is 11.8 Å². The average Bonchev–Trinajstić information content (AvgIpc) is 3.37. The van der Waals surface area contributed by atoms with Gasteiger partial charge < -0.3 is 10.2 Å². The fourth-order valence-electron chi connectivity index (χ4n) is 3.42. The molecule has 0 aliphatic carbocycles. The summed E-state index contributed by atoms with van der Waals surface area (Å²) in [5.74, 6) is -0.359. The third-order valence-corrected chi connectivity index (χ3v) is 6.04. The molecule has 4 rings (SSSR count). The standard InChI is InChI=1S/C21H19ClN4O2S/c1-13-5-2-6-14(11-13)21(28)26-10-4-9-17(26)19-24-25-20(29-19)18(27)23-16-8-3-7-15(22)12-16/h2-3,5-8,11-12,17H,4,9-10H2,1H3,(H,23,27). The van der Waals surface area contributed by atoms with Gasteiger partial charge in [0.2, 0.25) is 5.01 Å². The van der Waals surface area contributed by atoms with Gasteiger partial charge >= 0.3 is 0 Å². The predicted molar refractivity (Wildman–Crippen MR) is 114 cm³/mol. The summed E-state index contributed by atoms with van der Waals surface area (Å²) >= 11 is 7.18. The SMILES string of the molecule is Cc1cccc(C(=O)N2CCCC2c2nnc(C(=O)Nc3cccc(Cl)c3)s2)c1. The summed E-state index contributed by atoms with van der Waals surface area (Å²) in [4.78, 5) is 27.3. The van der Waals surface area contributed by atoms with Crippen molar-refractivity contribution in [2.75, 3.05) is 11.9 Å². The summed E-state index contributed by atoms with van der Waals surface area (Å²) in [6.07, 6.45) is 1.70. The van der Waals surface area contributed by atoms with E-state index in [4.69, 9.17) is 11.6 Å². The van der Waals surface area contributed by atoms with Gasteiger partial charge in [-0.05, 0) is 50.1 Å². The van der Waals surface area contributed by atoms with Crippen LogP contribution < -0.4 is 5.32 Å². The van der Waals surface area contributed by atoms with Gasteiger partial charge in [-0.2, -0.15) is 0 Å². The molecular formula is C21H19ClN4O2S. The Bertz CT molecular complexity index is 1070. The molecule has 148 valence electrons. The zero-order valence-electron chi connectivity index (χ0n) is 15.8. The summed E-state index contributed by atoms with van der Waals surface area (Å²) in [5.41, 5.74) is 2.30. The molecule has 2 aromatic carbocycles. The van der Waals surface area contributed by atoms with Crippen LogP contribution in [0.1, 0.15) is 49.6 Å². The summed E-state index contributed by atoms with van der Waals surface area (Å²) < 4.78 is 0. The summed E-state index contributed by atoms with van der Waals surface area (Å²) in [6.45, 7) is 2.63. The Balaban J connectivity index is 1.50. The van der Waals surface area contributed by atoms with E-state index in [1.165, 1.54) is 11.3 Å². The van der Waals surface area contributed by atoms with Crippen LogP contribution in [0.25, 0.3) is 0 Å². The van der Waals surface area contributed by atoms with Crippen LogP contribution in [0, 0.1) is 6.92 Å². The summed E-state index contributed by atoms with van der Waals surface area (Å²) in [5, 5.41) is 12.5. The van der Waals surface area contributed by atoms with E-state index >= 15 is 0 Å². The number of aryl methyl sites for hydroxylation is 1. The van der Waals surface area contributed by atoms with Gasteiger partial charge in [-0.15, -0.1) is 10.2 Å². The molecule has 1 aromatic heterocycles. The monoisotopic (exact) mass is 426 g/mol. The van der Waals surface area contributed by atoms with Crippen molar-refractivity contribution in [1.29, 1.82) is 0 Å². The van der Waals surface area contributed by atoms with Gasteiger partial charge in [0.05, 0.1) is 6.04 Å². The maximum atomic E-state index is 13.0. The van der Waals surface area contributed by atoms with E-state index in [2.05, 4.69) is 15.5 Å². The van der Waals surface area contributed by atoms with Crippen molar-refractivity contribution < 1.29 is 9.59 Å². The Kier molecular flexibility index (Phi) is 5.60. The Labute approximate surface area is 177 Å². The maximum Gasteiger partial charge on any atom is 0.286 e. The van der Waals surface area contributed by atoms with E-state index in [9.17, 15) is 9.59 Å². The first-order valence-electron chi connectivity index (χ1n) is 9.29. The van der Waals surface area contributed by atoms with Gasteiger partial charge in [-0.1, -0.05) is 46.7 Å². The molecule has 1 aliphatic heterocycles. The number of carbonyl (C=O) groups excluding carboxylic acids is 2. The normalized spacial score (nSPS) is 16.1. The molecule has 8 heteroatoms. The molecule has 6 nitrogen and oxygen atoms in total. The lowest BCUT2D eigenvalue weighted by atomic mass is 10.1. The average molecular weight is 427 g/mol. The Hall–Kier alpha value is -2.77. The highest BCUT2D eigenvalue weighted by molar-refractivity contribution is 7.13. The van der Waals surface area contributed by atoms with E-state index in [-0.39, 0.29) is 22.9 Å². The number of halogens is 1. The molecule has 1 N–H and O–H groups in total. The third-order valence-electron chi connectivity index (χ3n) is 4.78. The lowest BCUT2D eigenvalue weighted by Gasteiger charge is -2.23. The Morgan fingerprint density at radius 3 is 2.79 bits per heavy atom. The van der Waals surface area contributed by atoms with Crippen LogP contribution in [0.4, 0.5) is 5.69 Å². The number of rotatable bonds is 4. The van der Waals surface area contributed by atoms with Crippen LogP contribution in [-0.2, 0) is 0 Å². The van der Waals surface area contributed by atoms with E-state index < -0.39 is 0 Å². The fraction of sp³-hybridized carbons (Fsp3) is 0.238. The number of amides is 2. The minimum absolute atomic E-state index is 0.0173. The first-order chi connectivity index (χ1) is 14.0. The van der Waals surface area contributed by atoms with E-state index in [1.807, 2.05) is 36.1 Å². The minimum Gasteiger partial charge on any atom is -0.329 e. The molecule has 3 aromatic rings. The summed E-state index contributed by atoms with van der Waals surface area (Å²) in [7, 11) is 0. The number of nitrogens with one attached hydrogen (secondary N) is 1. The molecule has 2 heterocycles. The van der Waals surface area contributed by atoms with Gasteiger partial charge in [0.1, 0.15) is 5.01 Å². The number of carbonyl (C=O) groups is 2. The van der Waals surface area contributed by atoms with Crippen molar-refractivity contribution in [3.63, 3.8) is 0 Å². The lowest BCUT2D eigenvalue weighted by molar-refractivity contribution is 0.0734. The summed E-state index contributed by atoms with van der Waals surface area (Å²) in [6, 6.07) is 14.3. The van der Waals surface area contributed by atoms with Crippen molar-refractivity contribution in [1.82, 2.24) is 15.1 Å². The number of benzene rings is 2. The molecule has 0 bridgehead atoms. The molecule has 1 unspecified atom stereocenters. The van der Waals surface area contributed by atoms with Crippen molar-refractivity contribution >= 4 is 40.4 Å². The van der Waals surface area contributed by atoms with Crippen LogP contribution in [0.2, 0.25) is 5.02 Å². The second-order valence-corrected chi connectivity index (χ2v) is 8.38. The van der Waals surface area contributed by atoms with E-state index in [0.29, 0.717) is 27.8 Å². The van der Waals surface area contributed by atoms with Crippen LogP contribution in [0.3, 0.4) is 0 Å². The predicted octanol–water partition coefficient (Wildman–Crippen LogP) is 4.73. The Morgan fingerprint density at radius 2 is 2.00 bits per heavy atom. The van der Waals surface area contributed by atoms with Crippen LogP contribution in [0.15, 0.2) is 48.5 Å². The van der Waals surface area contributed by atoms with Crippen molar-refractivity contribution in [3.8, 4) is 0 Å². The van der Waals surface area contributed by atoms with Crippen LogP contribution >= 0.6 is 22.9 Å².